The SMILES string of the molecule is Nc1ccc(F)cc1S(=O)C1CCOC1. The van der Waals surface area contributed by atoms with E-state index in [1.165, 1.54) is 18.2 Å². The van der Waals surface area contributed by atoms with Crippen LogP contribution in [0.3, 0.4) is 0 Å². The van der Waals surface area contributed by atoms with Gasteiger partial charge in [0.2, 0.25) is 0 Å². The lowest BCUT2D eigenvalue weighted by Gasteiger charge is -2.10. The Morgan fingerprint density at radius 2 is 2.33 bits per heavy atom. The van der Waals surface area contributed by atoms with Gasteiger partial charge in [-0.3, -0.25) is 4.21 Å². The molecule has 3 nitrogen and oxygen atoms in total. The molecule has 1 aromatic rings. The van der Waals surface area contributed by atoms with Gasteiger partial charge in [0.15, 0.2) is 0 Å². The van der Waals surface area contributed by atoms with Gasteiger partial charge in [-0.25, -0.2) is 4.39 Å². The fraction of sp³-hybridized carbons (Fsp3) is 0.400. The molecule has 0 aromatic heterocycles. The summed E-state index contributed by atoms with van der Waals surface area (Å²) in [6, 6.07) is 3.95. The molecule has 1 aliphatic rings. The van der Waals surface area contributed by atoms with E-state index < -0.39 is 16.6 Å². The Morgan fingerprint density at radius 1 is 1.53 bits per heavy atom. The molecule has 0 bridgehead atoms. The van der Waals surface area contributed by atoms with Crippen molar-refractivity contribution >= 4 is 16.5 Å². The average molecular weight is 229 g/mol. The molecular formula is C10H12FNO2S. The number of nitrogen functional groups attached to an aromatic ring is 1. The summed E-state index contributed by atoms with van der Waals surface area (Å²) in [5.74, 6) is -0.411. The molecule has 82 valence electrons. The van der Waals surface area contributed by atoms with E-state index in [4.69, 9.17) is 10.5 Å². The second-order valence-corrected chi connectivity index (χ2v) is 5.17. The average Bonchev–Trinajstić information content (AvgIpc) is 2.74. The molecule has 1 aliphatic heterocycles. The van der Waals surface area contributed by atoms with E-state index in [1.807, 2.05) is 0 Å². The fourth-order valence-electron chi connectivity index (χ4n) is 1.54. The highest BCUT2D eigenvalue weighted by atomic mass is 32.2. The van der Waals surface area contributed by atoms with Crippen molar-refractivity contribution in [3.05, 3.63) is 24.0 Å². The maximum Gasteiger partial charge on any atom is 0.124 e. The number of hydrogen-bond acceptors (Lipinski definition) is 3. The van der Waals surface area contributed by atoms with Crippen LogP contribution in [-0.4, -0.2) is 22.7 Å². The number of hydrogen-bond donors (Lipinski definition) is 1. The highest BCUT2D eigenvalue weighted by molar-refractivity contribution is 7.85. The fourth-order valence-corrected chi connectivity index (χ4v) is 2.96. The molecule has 1 fully saturated rings. The Bertz CT molecular complexity index is 391. The second-order valence-electron chi connectivity index (χ2n) is 3.47. The van der Waals surface area contributed by atoms with Crippen LogP contribution in [0, 0.1) is 5.82 Å². The monoisotopic (exact) mass is 229 g/mol. The Balaban J connectivity index is 2.27. The lowest BCUT2D eigenvalue weighted by Crippen LogP contribution is -2.16. The number of halogens is 1. The van der Waals surface area contributed by atoms with Crippen molar-refractivity contribution in [1.29, 1.82) is 0 Å². The van der Waals surface area contributed by atoms with Crippen LogP contribution in [0.1, 0.15) is 6.42 Å². The Hall–Kier alpha value is -0.940. The molecule has 2 unspecified atom stereocenters. The predicted molar refractivity (Wildman–Crippen MR) is 56.4 cm³/mol. The first-order chi connectivity index (χ1) is 7.18. The molecule has 1 aromatic carbocycles. The van der Waals surface area contributed by atoms with E-state index in [9.17, 15) is 8.60 Å². The largest absolute Gasteiger partial charge is 0.398 e. The van der Waals surface area contributed by atoms with Gasteiger partial charge in [0, 0.05) is 12.3 Å². The number of rotatable bonds is 2. The minimum Gasteiger partial charge on any atom is -0.398 e. The van der Waals surface area contributed by atoms with Gasteiger partial charge in [-0.05, 0) is 24.6 Å². The van der Waals surface area contributed by atoms with Crippen molar-refractivity contribution < 1.29 is 13.3 Å². The number of benzene rings is 1. The molecule has 15 heavy (non-hydrogen) atoms. The van der Waals surface area contributed by atoms with Crippen LogP contribution in [0.4, 0.5) is 10.1 Å². The van der Waals surface area contributed by atoms with E-state index in [0.29, 0.717) is 23.8 Å². The summed E-state index contributed by atoms with van der Waals surface area (Å²) in [4.78, 5) is 0.380. The van der Waals surface area contributed by atoms with Gasteiger partial charge in [-0.15, -0.1) is 0 Å². The summed E-state index contributed by atoms with van der Waals surface area (Å²) in [5, 5.41) is -0.0610. The summed E-state index contributed by atoms with van der Waals surface area (Å²) in [7, 11) is -1.27. The molecule has 0 saturated carbocycles. The molecular weight excluding hydrogens is 217 g/mol. The first kappa shape index (κ1) is 10.6. The number of anilines is 1. The van der Waals surface area contributed by atoms with Crippen molar-refractivity contribution in [2.45, 2.75) is 16.6 Å². The molecule has 0 radical (unpaired) electrons. The Morgan fingerprint density at radius 3 is 3.00 bits per heavy atom. The van der Waals surface area contributed by atoms with Crippen molar-refractivity contribution in [2.24, 2.45) is 0 Å². The highest BCUT2D eigenvalue weighted by Crippen LogP contribution is 2.23. The van der Waals surface area contributed by atoms with Gasteiger partial charge in [-0.2, -0.15) is 0 Å². The van der Waals surface area contributed by atoms with Crippen LogP contribution in [-0.2, 0) is 15.5 Å². The summed E-state index contributed by atoms with van der Waals surface area (Å²) >= 11 is 0. The summed E-state index contributed by atoms with van der Waals surface area (Å²) < 4.78 is 30.1. The second kappa shape index (κ2) is 4.28. The summed E-state index contributed by atoms with van der Waals surface area (Å²) in [6.07, 6.45) is 0.739. The van der Waals surface area contributed by atoms with Crippen LogP contribution < -0.4 is 5.73 Å². The zero-order chi connectivity index (χ0) is 10.8. The molecule has 5 heteroatoms. The number of ether oxygens (including phenoxy) is 1. The summed E-state index contributed by atoms with van der Waals surface area (Å²) in [5.41, 5.74) is 6.03. The van der Waals surface area contributed by atoms with E-state index >= 15 is 0 Å². The highest BCUT2D eigenvalue weighted by Gasteiger charge is 2.24. The van der Waals surface area contributed by atoms with Gasteiger partial charge in [0.05, 0.1) is 27.6 Å². The molecule has 0 spiro atoms. The van der Waals surface area contributed by atoms with Crippen molar-refractivity contribution in [2.75, 3.05) is 18.9 Å². The standard InChI is InChI=1S/C10H12FNO2S/c11-7-1-2-9(12)10(5-7)15(13)8-3-4-14-6-8/h1-2,5,8H,3-4,6,12H2. The van der Waals surface area contributed by atoms with Gasteiger partial charge in [0.25, 0.3) is 0 Å². The third kappa shape index (κ3) is 2.18. The van der Waals surface area contributed by atoms with Gasteiger partial charge in [0.1, 0.15) is 5.82 Å². The molecule has 0 amide bonds. The van der Waals surface area contributed by atoms with E-state index in [-0.39, 0.29) is 5.25 Å². The third-order valence-electron chi connectivity index (χ3n) is 2.38. The maximum absolute atomic E-state index is 13.0. The summed E-state index contributed by atoms with van der Waals surface area (Å²) in [6.45, 7) is 1.08. The van der Waals surface area contributed by atoms with Crippen LogP contribution in [0.2, 0.25) is 0 Å². The van der Waals surface area contributed by atoms with Gasteiger partial charge < -0.3 is 10.5 Å². The number of nitrogens with two attached hydrogens (primary N) is 1. The zero-order valence-electron chi connectivity index (χ0n) is 8.11. The van der Waals surface area contributed by atoms with E-state index in [1.54, 1.807) is 0 Å². The quantitative estimate of drug-likeness (QED) is 0.778. The van der Waals surface area contributed by atoms with Crippen molar-refractivity contribution in [3.8, 4) is 0 Å². The van der Waals surface area contributed by atoms with Gasteiger partial charge in [-0.1, -0.05) is 0 Å². The van der Waals surface area contributed by atoms with Crippen molar-refractivity contribution in [3.63, 3.8) is 0 Å². The molecule has 0 aliphatic carbocycles. The minimum absolute atomic E-state index is 0.0610. The molecule has 2 rings (SSSR count). The normalized spacial score (nSPS) is 22.9. The minimum atomic E-state index is -1.27. The third-order valence-corrected chi connectivity index (χ3v) is 4.15. The molecule has 2 atom stereocenters. The molecule has 1 saturated heterocycles. The first-order valence-electron chi connectivity index (χ1n) is 4.72. The van der Waals surface area contributed by atoms with Crippen LogP contribution in [0.25, 0.3) is 0 Å². The lowest BCUT2D eigenvalue weighted by molar-refractivity contribution is 0.199. The van der Waals surface area contributed by atoms with E-state index in [0.717, 1.165) is 6.42 Å². The smallest absolute Gasteiger partial charge is 0.124 e. The lowest BCUT2D eigenvalue weighted by atomic mass is 10.3. The predicted octanol–water partition coefficient (Wildman–Crippen LogP) is 1.30. The van der Waals surface area contributed by atoms with Gasteiger partial charge >= 0.3 is 0 Å². The topological polar surface area (TPSA) is 52.3 Å². The zero-order valence-corrected chi connectivity index (χ0v) is 8.93. The van der Waals surface area contributed by atoms with Crippen LogP contribution in [0.5, 0.6) is 0 Å². The maximum atomic E-state index is 13.0. The molecule has 1 heterocycles. The Kier molecular flexibility index (Phi) is 3.02. The van der Waals surface area contributed by atoms with E-state index in [2.05, 4.69) is 0 Å². The van der Waals surface area contributed by atoms with Crippen LogP contribution in [0.15, 0.2) is 23.1 Å². The van der Waals surface area contributed by atoms with Crippen LogP contribution >= 0.6 is 0 Å². The first-order valence-corrected chi connectivity index (χ1v) is 5.93. The molecule has 2 N–H and O–H groups in total. The van der Waals surface area contributed by atoms with Crippen molar-refractivity contribution in [1.82, 2.24) is 0 Å². The Labute approximate surface area is 89.9 Å².